The number of aromatic amines is 1. The summed E-state index contributed by atoms with van der Waals surface area (Å²) >= 11 is 0. The molecule has 6 heteroatoms. The van der Waals surface area contributed by atoms with Gasteiger partial charge in [-0.05, 0) is 64.3 Å². The molecule has 0 spiro atoms. The second-order valence-corrected chi connectivity index (χ2v) is 7.44. The van der Waals surface area contributed by atoms with Gasteiger partial charge in [0.25, 0.3) is 0 Å². The van der Waals surface area contributed by atoms with Crippen molar-refractivity contribution < 1.29 is 0 Å². The lowest BCUT2D eigenvalue weighted by molar-refractivity contribution is 0.214. The number of piperidine rings is 1. The second kappa shape index (κ2) is 10.9. The molecule has 150 valence electrons. The van der Waals surface area contributed by atoms with Crippen LogP contribution in [0.4, 0.5) is 0 Å². The number of hydrogen-bond acceptors (Lipinski definition) is 2. The zero-order valence-corrected chi connectivity index (χ0v) is 19.2. The van der Waals surface area contributed by atoms with Gasteiger partial charge in [-0.1, -0.05) is 18.2 Å². The molecule has 1 aliphatic heterocycles. The van der Waals surface area contributed by atoms with E-state index in [4.69, 9.17) is 4.99 Å². The quantitative estimate of drug-likeness (QED) is 0.335. The smallest absolute Gasteiger partial charge is 0.191 e. The third-order valence-corrected chi connectivity index (χ3v) is 5.27. The molecule has 0 amide bonds. The van der Waals surface area contributed by atoms with E-state index in [9.17, 15) is 0 Å². The van der Waals surface area contributed by atoms with Crippen molar-refractivity contribution in [3.63, 3.8) is 0 Å². The molecule has 1 atom stereocenters. The summed E-state index contributed by atoms with van der Waals surface area (Å²) in [5.74, 6) is 1.62. The first kappa shape index (κ1) is 22.0. The number of aryl methyl sites for hydroxylation is 1. The number of halogens is 1. The fourth-order valence-corrected chi connectivity index (χ4v) is 3.95. The minimum absolute atomic E-state index is 0. The predicted molar refractivity (Wildman–Crippen MR) is 126 cm³/mol. The number of fused-ring (bicyclic) bond motifs is 1. The van der Waals surface area contributed by atoms with Gasteiger partial charge in [-0.3, -0.25) is 4.99 Å². The van der Waals surface area contributed by atoms with Gasteiger partial charge < -0.3 is 20.5 Å². The Bertz CT molecular complexity index is 739. The molecular formula is C21H34IN5. The average Bonchev–Trinajstić information content (AvgIpc) is 2.95. The largest absolute Gasteiger partial charge is 0.358 e. The Morgan fingerprint density at radius 1 is 1.30 bits per heavy atom. The predicted octanol–water partition coefficient (Wildman–Crippen LogP) is 3.53. The van der Waals surface area contributed by atoms with Crippen LogP contribution in [0, 0.1) is 12.8 Å². The van der Waals surface area contributed by atoms with E-state index >= 15 is 0 Å². The van der Waals surface area contributed by atoms with E-state index in [1.807, 2.05) is 0 Å². The van der Waals surface area contributed by atoms with Crippen molar-refractivity contribution in [3.8, 4) is 0 Å². The van der Waals surface area contributed by atoms with Crippen LogP contribution in [0.25, 0.3) is 10.9 Å². The van der Waals surface area contributed by atoms with E-state index in [1.165, 1.54) is 41.5 Å². The van der Waals surface area contributed by atoms with Gasteiger partial charge in [0.15, 0.2) is 5.96 Å². The second-order valence-electron chi connectivity index (χ2n) is 7.44. The number of rotatable bonds is 6. The molecule has 0 bridgehead atoms. The minimum Gasteiger partial charge on any atom is -0.358 e. The van der Waals surface area contributed by atoms with Gasteiger partial charge in [0.1, 0.15) is 0 Å². The highest BCUT2D eigenvalue weighted by Gasteiger charge is 2.16. The summed E-state index contributed by atoms with van der Waals surface area (Å²) < 4.78 is 0. The molecule has 0 saturated carbocycles. The van der Waals surface area contributed by atoms with Crippen LogP contribution in [0.1, 0.15) is 31.0 Å². The molecule has 2 heterocycles. The van der Waals surface area contributed by atoms with E-state index < -0.39 is 0 Å². The fraction of sp³-hybridized carbons (Fsp3) is 0.571. The Balaban J connectivity index is 0.00000261. The van der Waals surface area contributed by atoms with Crippen molar-refractivity contribution in [1.29, 1.82) is 0 Å². The lowest BCUT2D eigenvalue weighted by Gasteiger charge is -2.28. The molecule has 1 saturated heterocycles. The molecule has 1 aliphatic rings. The molecular weight excluding hydrogens is 449 g/mol. The van der Waals surface area contributed by atoms with Crippen molar-refractivity contribution in [1.82, 2.24) is 20.5 Å². The van der Waals surface area contributed by atoms with E-state index in [0.717, 1.165) is 38.6 Å². The Morgan fingerprint density at radius 2 is 2.11 bits per heavy atom. The SMILES string of the molecule is CCNC(=NCC1CCCN(C)C1)NCCc1c(C)[nH]c2ccccc12.I. The number of H-pyrrole nitrogens is 1. The Morgan fingerprint density at radius 3 is 2.89 bits per heavy atom. The topological polar surface area (TPSA) is 55.5 Å². The maximum absolute atomic E-state index is 4.84. The molecule has 3 rings (SSSR count). The molecule has 5 nitrogen and oxygen atoms in total. The van der Waals surface area contributed by atoms with Crippen molar-refractivity contribution in [2.45, 2.75) is 33.1 Å². The van der Waals surface area contributed by atoms with Crippen molar-refractivity contribution in [2.75, 3.05) is 39.8 Å². The van der Waals surface area contributed by atoms with Crippen LogP contribution < -0.4 is 10.6 Å². The monoisotopic (exact) mass is 483 g/mol. The molecule has 1 fully saturated rings. The highest BCUT2D eigenvalue weighted by Crippen LogP contribution is 2.21. The lowest BCUT2D eigenvalue weighted by Crippen LogP contribution is -2.39. The number of nitrogens with one attached hydrogen (secondary N) is 3. The fourth-order valence-electron chi connectivity index (χ4n) is 3.95. The number of guanidine groups is 1. The van der Waals surface area contributed by atoms with Crippen LogP contribution in [0.3, 0.4) is 0 Å². The van der Waals surface area contributed by atoms with E-state index in [0.29, 0.717) is 5.92 Å². The summed E-state index contributed by atoms with van der Waals surface area (Å²) in [6.45, 7) is 9.36. The Kier molecular flexibility index (Phi) is 8.89. The number of para-hydroxylation sites is 1. The first-order valence-corrected chi connectivity index (χ1v) is 9.94. The van der Waals surface area contributed by atoms with Gasteiger partial charge in [0.05, 0.1) is 0 Å². The Hall–Kier alpha value is -1.28. The average molecular weight is 483 g/mol. The maximum Gasteiger partial charge on any atom is 0.191 e. The molecule has 1 aromatic carbocycles. The lowest BCUT2D eigenvalue weighted by atomic mass is 9.99. The summed E-state index contributed by atoms with van der Waals surface area (Å²) in [6, 6.07) is 8.54. The van der Waals surface area contributed by atoms with Gasteiger partial charge in [-0.2, -0.15) is 0 Å². The van der Waals surface area contributed by atoms with Gasteiger partial charge in [-0.15, -0.1) is 24.0 Å². The van der Waals surface area contributed by atoms with Crippen LogP contribution in [-0.4, -0.2) is 55.6 Å². The number of nitrogens with zero attached hydrogens (tertiary/aromatic N) is 2. The third kappa shape index (κ3) is 6.10. The van der Waals surface area contributed by atoms with Crippen LogP contribution in [0.15, 0.2) is 29.3 Å². The summed E-state index contributed by atoms with van der Waals surface area (Å²) in [5.41, 5.74) is 3.89. The molecule has 0 radical (unpaired) electrons. The van der Waals surface area contributed by atoms with Gasteiger partial charge in [0.2, 0.25) is 0 Å². The summed E-state index contributed by atoms with van der Waals surface area (Å²) in [7, 11) is 2.21. The van der Waals surface area contributed by atoms with E-state index in [-0.39, 0.29) is 24.0 Å². The molecule has 27 heavy (non-hydrogen) atoms. The van der Waals surface area contributed by atoms with Gasteiger partial charge in [-0.25, -0.2) is 0 Å². The normalized spacial score (nSPS) is 18.3. The highest BCUT2D eigenvalue weighted by atomic mass is 127. The Labute approximate surface area is 180 Å². The van der Waals surface area contributed by atoms with Crippen LogP contribution in [0.2, 0.25) is 0 Å². The van der Waals surface area contributed by atoms with E-state index in [1.54, 1.807) is 0 Å². The third-order valence-electron chi connectivity index (χ3n) is 5.27. The van der Waals surface area contributed by atoms with Crippen molar-refractivity contribution >= 4 is 40.8 Å². The number of aliphatic imine (C=N–C) groups is 1. The zero-order valence-electron chi connectivity index (χ0n) is 16.8. The van der Waals surface area contributed by atoms with Crippen molar-refractivity contribution in [2.24, 2.45) is 10.9 Å². The number of likely N-dealkylation sites (tertiary alicyclic amines) is 1. The van der Waals surface area contributed by atoms with Gasteiger partial charge in [0, 0.05) is 42.8 Å². The maximum atomic E-state index is 4.84. The van der Waals surface area contributed by atoms with Gasteiger partial charge >= 0.3 is 0 Å². The van der Waals surface area contributed by atoms with E-state index in [2.05, 4.69) is 65.7 Å². The number of hydrogen-bond donors (Lipinski definition) is 3. The summed E-state index contributed by atoms with van der Waals surface area (Å²) in [4.78, 5) is 10.7. The van der Waals surface area contributed by atoms with Crippen LogP contribution in [0.5, 0.6) is 0 Å². The first-order valence-electron chi connectivity index (χ1n) is 9.94. The number of benzene rings is 1. The molecule has 1 unspecified atom stereocenters. The van der Waals surface area contributed by atoms with Crippen molar-refractivity contribution in [3.05, 3.63) is 35.5 Å². The first-order chi connectivity index (χ1) is 12.7. The molecule has 1 aromatic heterocycles. The summed E-state index contributed by atoms with van der Waals surface area (Å²) in [6.07, 6.45) is 3.58. The molecule has 0 aliphatic carbocycles. The molecule has 3 N–H and O–H groups in total. The van der Waals surface area contributed by atoms with Crippen LogP contribution >= 0.6 is 24.0 Å². The standard InChI is InChI=1S/C21H33N5.HI/c1-4-22-21(24-14-17-8-7-13-26(3)15-17)23-12-11-18-16(2)25-20-10-6-5-9-19(18)20;/h5-6,9-10,17,25H,4,7-8,11-15H2,1-3H3,(H2,22,23,24);1H. The highest BCUT2D eigenvalue weighted by molar-refractivity contribution is 14.0. The number of aromatic nitrogens is 1. The minimum atomic E-state index is 0. The summed E-state index contributed by atoms with van der Waals surface area (Å²) in [5, 5.41) is 8.23. The van der Waals surface area contributed by atoms with Crippen LogP contribution in [-0.2, 0) is 6.42 Å². The molecule has 2 aromatic rings. The zero-order chi connectivity index (χ0) is 18.4.